The zero-order valence-electron chi connectivity index (χ0n) is 9.99. The minimum absolute atomic E-state index is 0.435. The third kappa shape index (κ3) is 4.30. The number of nitrogens with one attached hydrogen (secondary N) is 1. The first-order chi connectivity index (χ1) is 7.80. The molecule has 0 aliphatic rings. The van der Waals surface area contributed by atoms with E-state index in [1.54, 1.807) is 11.8 Å². The summed E-state index contributed by atoms with van der Waals surface area (Å²) in [7, 11) is 0. The summed E-state index contributed by atoms with van der Waals surface area (Å²) < 4.78 is 0. The maximum absolute atomic E-state index is 5.32. The Morgan fingerprint density at radius 3 is 2.56 bits per heavy atom. The van der Waals surface area contributed by atoms with E-state index < -0.39 is 0 Å². The Balaban J connectivity index is 2.44. The standard InChI is InChI=1S/C14H19NS/c1-4-6-13(5-2)15-11-12-7-9-14(16-3)10-8-12/h1,7-10,13,15H,5-6,11H2,2-3H3. The molecular formula is C14H19NS. The lowest BCUT2D eigenvalue weighted by molar-refractivity contribution is 0.506. The second-order valence-electron chi connectivity index (χ2n) is 3.74. The van der Waals surface area contributed by atoms with Gasteiger partial charge in [0.1, 0.15) is 0 Å². The molecule has 0 spiro atoms. The Bertz CT molecular complexity index is 337. The Labute approximate surface area is 103 Å². The molecule has 0 amide bonds. The molecule has 0 saturated carbocycles. The van der Waals surface area contributed by atoms with E-state index in [4.69, 9.17) is 6.42 Å². The normalized spacial score (nSPS) is 12.1. The molecule has 16 heavy (non-hydrogen) atoms. The van der Waals surface area contributed by atoms with Gasteiger partial charge in [-0.3, -0.25) is 0 Å². The zero-order valence-corrected chi connectivity index (χ0v) is 10.8. The van der Waals surface area contributed by atoms with Gasteiger partial charge in [-0.25, -0.2) is 0 Å². The molecule has 1 rings (SSSR count). The molecule has 86 valence electrons. The molecule has 2 heteroatoms. The van der Waals surface area contributed by atoms with Crippen LogP contribution in [0.25, 0.3) is 0 Å². The van der Waals surface area contributed by atoms with Crippen LogP contribution < -0.4 is 5.32 Å². The number of hydrogen-bond donors (Lipinski definition) is 1. The summed E-state index contributed by atoms with van der Waals surface area (Å²) in [6.45, 7) is 3.06. The summed E-state index contributed by atoms with van der Waals surface area (Å²) in [6.07, 6.45) is 9.29. The molecule has 1 unspecified atom stereocenters. The molecule has 0 aromatic heterocycles. The summed E-state index contributed by atoms with van der Waals surface area (Å²) in [4.78, 5) is 1.31. The average Bonchev–Trinajstić information content (AvgIpc) is 2.35. The van der Waals surface area contributed by atoms with Crippen molar-refractivity contribution in [2.75, 3.05) is 6.26 Å². The van der Waals surface area contributed by atoms with Crippen LogP contribution in [0, 0.1) is 12.3 Å². The van der Waals surface area contributed by atoms with Crippen LogP contribution in [0.1, 0.15) is 25.3 Å². The molecule has 1 nitrogen and oxygen atoms in total. The average molecular weight is 233 g/mol. The van der Waals surface area contributed by atoms with Crippen LogP contribution in [0.15, 0.2) is 29.2 Å². The maximum Gasteiger partial charge on any atom is 0.0240 e. The molecule has 0 heterocycles. The van der Waals surface area contributed by atoms with Crippen LogP contribution >= 0.6 is 11.8 Å². The highest BCUT2D eigenvalue weighted by Gasteiger charge is 2.03. The Hall–Kier alpha value is -0.910. The van der Waals surface area contributed by atoms with Crippen molar-refractivity contribution in [2.24, 2.45) is 0 Å². The largest absolute Gasteiger partial charge is 0.309 e. The molecule has 0 saturated heterocycles. The predicted octanol–water partition coefficient (Wildman–Crippen LogP) is 3.30. The highest BCUT2D eigenvalue weighted by Crippen LogP contribution is 2.14. The maximum atomic E-state index is 5.32. The minimum atomic E-state index is 0.435. The summed E-state index contributed by atoms with van der Waals surface area (Å²) in [5.41, 5.74) is 1.31. The van der Waals surface area contributed by atoms with E-state index in [0.29, 0.717) is 6.04 Å². The van der Waals surface area contributed by atoms with Gasteiger partial charge in [0.15, 0.2) is 0 Å². The van der Waals surface area contributed by atoms with Crippen molar-refractivity contribution in [2.45, 2.75) is 37.2 Å². The second kappa shape index (κ2) is 7.38. The topological polar surface area (TPSA) is 12.0 Å². The van der Waals surface area contributed by atoms with Gasteiger partial charge in [0, 0.05) is 23.9 Å². The third-order valence-electron chi connectivity index (χ3n) is 2.61. The highest BCUT2D eigenvalue weighted by molar-refractivity contribution is 7.98. The second-order valence-corrected chi connectivity index (χ2v) is 4.62. The van der Waals surface area contributed by atoms with E-state index in [1.807, 2.05) is 0 Å². The number of rotatable bonds is 6. The minimum Gasteiger partial charge on any atom is -0.309 e. The molecular weight excluding hydrogens is 214 g/mol. The molecule has 1 aromatic rings. The Morgan fingerprint density at radius 2 is 2.06 bits per heavy atom. The molecule has 0 bridgehead atoms. The zero-order chi connectivity index (χ0) is 11.8. The summed E-state index contributed by atoms with van der Waals surface area (Å²) >= 11 is 1.77. The molecule has 0 aliphatic carbocycles. The number of hydrogen-bond acceptors (Lipinski definition) is 2. The van der Waals surface area contributed by atoms with Gasteiger partial charge >= 0.3 is 0 Å². The van der Waals surface area contributed by atoms with E-state index in [0.717, 1.165) is 19.4 Å². The lowest BCUT2D eigenvalue weighted by Crippen LogP contribution is -2.27. The SMILES string of the molecule is C#CCC(CC)NCc1ccc(SC)cc1. The summed E-state index contributed by atoms with van der Waals surface area (Å²) in [5, 5.41) is 3.47. The van der Waals surface area contributed by atoms with Crippen molar-refractivity contribution in [3.63, 3.8) is 0 Å². The van der Waals surface area contributed by atoms with Gasteiger partial charge in [0.05, 0.1) is 0 Å². The molecule has 1 aromatic carbocycles. The molecule has 0 radical (unpaired) electrons. The Morgan fingerprint density at radius 1 is 1.38 bits per heavy atom. The lowest BCUT2D eigenvalue weighted by atomic mass is 10.1. The first kappa shape index (κ1) is 13.2. The number of thioether (sulfide) groups is 1. The van der Waals surface area contributed by atoms with E-state index >= 15 is 0 Å². The Kier molecular flexibility index (Phi) is 6.07. The summed E-state index contributed by atoms with van der Waals surface area (Å²) in [5.74, 6) is 2.71. The van der Waals surface area contributed by atoms with Crippen molar-refractivity contribution in [1.82, 2.24) is 5.32 Å². The molecule has 1 atom stereocenters. The van der Waals surface area contributed by atoms with Crippen molar-refractivity contribution >= 4 is 11.8 Å². The van der Waals surface area contributed by atoms with Crippen molar-refractivity contribution in [3.05, 3.63) is 29.8 Å². The fraction of sp³-hybridized carbons (Fsp3) is 0.429. The molecule has 1 N–H and O–H groups in total. The lowest BCUT2D eigenvalue weighted by Gasteiger charge is -2.14. The van der Waals surface area contributed by atoms with Crippen LogP contribution in [0.5, 0.6) is 0 Å². The van der Waals surface area contributed by atoms with Gasteiger partial charge in [0.25, 0.3) is 0 Å². The van der Waals surface area contributed by atoms with Crippen LogP contribution in [0.3, 0.4) is 0 Å². The fourth-order valence-corrected chi connectivity index (χ4v) is 1.92. The fourth-order valence-electron chi connectivity index (χ4n) is 1.51. The van der Waals surface area contributed by atoms with Gasteiger partial charge in [-0.05, 0) is 30.4 Å². The van der Waals surface area contributed by atoms with Crippen LogP contribution in [-0.2, 0) is 6.54 Å². The van der Waals surface area contributed by atoms with Crippen LogP contribution in [-0.4, -0.2) is 12.3 Å². The van der Waals surface area contributed by atoms with E-state index in [2.05, 4.69) is 48.7 Å². The number of terminal acetylenes is 1. The molecule has 0 fully saturated rings. The van der Waals surface area contributed by atoms with Gasteiger partial charge < -0.3 is 5.32 Å². The van der Waals surface area contributed by atoms with Crippen molar-refractivity contribution in [3.8, 4) is 12.3 Å². The predicted molar refractivity (Wildman–Crippen MR) is 72.6 cm³/mol. The first-order valence-electron chi connectivity index (χ1n) is 5.60. The summed E-state index contributed by atoms with van der Waals surface area (Å²) in [6, 6.07) is 9.08. The van der Waals surface area contributed by atoms with Crippen LogP contribution in [0.2, 0.25) is 0 Å². The van der Waals surface area contributed by atoms with Gasteiger partial charge in [0.2, 0.25) is 0 Å². The quantitative estimate of drug-likeness (QED) is 0.597. The van der Waals surface area contributed by atoms with Gasteiger partial charge in [-0.15, -0.1) is 24.1 Å². The number of benzene rings is 1. The third-order valence-corrected chi connectivity index (χ3v) is 3.35. The van der Waals surface area contributed by atoms with Crippen molar-refractivity contribution in [1.29, 1.82) is 0 Å². The van der Waals surface area contributed by atoms with Crippen LogP contribution in [0.4, 0.5) is 0 Å². The van der Waals surface area contributed by atoms with Gasteiger partial charge in [-0.2, -0.15) is 0 Å². The molecule has 0 aliphatic heterocycles. The highest BCUT2D eigenvalue weighted by atomic mass is 32.2. The smallest absolute Gasteiger partial charge is 0.0240 e. The monoisotopic (exact) mass is 233 g/mol. The van der Waals surface area contributed by atoms with E-state index in [-0.39, 0.29) is 0 Å². The first-order valence-corrected chi connectivity index (χ1v) is 6.82. The van der Waals surface area contributed by atoms with E-state index in [1.165, 1.54) is 10.5 Å². The van der Waals surface area contributed by atoms with Gasteiger partial charge in [-0.1, -0.05) is 19.1 Å². The van der Waals surface area contributed by atoms with Crippen molar-refractivity contribution < 1.29 is 0 Å². The van der Waals surface area contributed by atoms with E-state index in [9.17, 15) is 0 Å².